The van der Waals surface area contributed by atoms with Gasteiger partial charge in [-0.25, -0.2) is 0 Å². The average molecular weight is 326 g/mol. The molecule has 0 saturated heterocycles. The Kier molecular flexibility index (Phi) is 4.15. The highest BCUT2D eigenvalue weighted by atomic mass is 16.3. The molecule has 0 N–H and O–H groups in total. The van der Waals surface area contributed by atoms with Crippen LogP contribution in [0.1, 0.15) is 25.0 Å². The van der Waals surface area contributed by atoms with E-state index in [1.165, 1.54) is 21.9 Å². The fraction of sp³-hybridized carbons (Fsp3) is 0.167. The Hall–Kier alpha value is -2.80. The minimum Gasteiger partial charge on any atom is -0.455 e. The van der Waals surface area contributed by atoms with Crippen LogP contribution in [0.15, 0.2) is 77.2 Å². The van der Waals surface area contributed by atoms with E-state index >= 15 is 0 Å². The van der Waals surface area contributed by atoms with Crippen LogP contribution in [0, 0.1) is 0 Å². The van der Waals surface area contributed by atoms with E-state index in [4.69, 9.17) is 4.42 Å². The van der Waals surface area contributed by atoms with Crippen molar-refractivity contribution >= 4 is 10.8 Å². The van der Waals surface area contributed by atoms with Crippen molar-refractivity contribution in [3.8, 4) is 22.6 Å². The molecule has 124 valence electrons. The van der Waals surface area contributed by atoms with Gasteiger partial charge in [-0.2, -0.15) is 0 Å². The van der Waals surface area contributed by atoms with E-state index in [0.717, 1.165) is 35.5 Å². The summed E-state index contributed by atoms with van der Waals surface area (Å²) in [5.74, 6) is 1.90. The topological polar surface area (TPSA) is 13.1 Å². The summed E-state index contributed by atoms with van der Waals surface area (Å²) in [7, 11) is 0. The molecule has 0 aliphatic rings. The maximum Gasteiger partial charge on any atom is 0.142 e. The molecular weight excluding hydrogens is 304 g/mol. The van der Waals surface area contributed by atoms with Gasteiger partial charge in [0.15, 0.2) is 0 Å². The van der Waals surface area contributed by atoms with Crippen LogP contribution in [0.2, 0.25) is 0 Å². The number of hydrogen-bond acceptors (Lipinski definition) is 1. The standard InChI is InChI=1S/C24H22O/c1-3-17-9-13-19(14-10-17)23-21-7-5-6-8-22(21)24(25-23)20-15-11-18(4-2)12-16-20/h5-16H,3-4H2,1-2H3. The van der Waals surface area contributed by atoms with Crippen molar-refractivity contribution in [2.75, 3.05) is 0 Å². The molecule has 0 saturated carbocycles. The van der Waals surface area contributed by atoms with Gasteiger partial charge in [-0.15, -0.1) is 0 Å². The van der Waals surface area contributed by atoms with Crippen LogP contribution < -0.4 is 0 Å². The second kappa shape index (κ2) is 6.60. The van der Waals surface area contributed by atoms with Crippen LogP contribution in [-0.4, -0.2) is 0 Å². The molecule has 0 unspecified atom stereocenters. The first kappa shape index (κ1) is 15.7. The Labute approximate surface area is 148 Å². The smallest absolute Gasteiger partial charge is 0.142 e. The van der Waals surface area contributed by atoms with Gasteiger partial charge in [0.2, 0.25) is 0 Å². The molecule has 0 aliphatic carbocycles. The third-order valence-electron chi connectivity index (χ3n) is 4.87. The molecule has 0 fully saturated rings. The van der Waals surface area contributed by atoms with Crippen molar-refractivity contribution in [1.29, 1.82) is 0 Å². The Bertz CT molecular complexity index is 907. The molecule has 0 bridgehead atoms. The summed E-state index contributed by atoms with van der Waals surface area (Å²) in [5, 5.41) is 2.34. The number of benzene rings is 3. The van der Waals surface area contributed by atoms with Crippen LogP contribution in [0.4, 0.5) is 0 Å². The van der Waals surface area contributed by atoms with Gasteiger partial charge in [-0.1, -0.05) is 86.6 Å². The Morgan fingerprint density at radius 3 is 1.32 bits per heavy atom. The zero-order valence-corrected chi connectivity index (χ0v) is 14.8. The monoisotopic (exact) mass is 326 g/mol. The third-order valence-corrected chi connectivity index (χ3v) is 4.87. The van der Waals surface area contributed by atoms with Crippen LogP contribution in [0.5, 0.6) is 0 Å². The van der Waals surface area contributed by atoms with E-state index in [1.54, 1.807) is 0 Å². The molecule has 0 spiro atoms. The van der Waals surface area contributed by atoms with E-state index in [9.17, 15) is 0 Å². The minimum atomic E-state index is 0.952. The molecule has 0 aliphatic heterocycles. The maximum absolute atomic E-state index is 6.38. The highest BCUT2D eigenvalue weighted by Crippen LogP contribution is 2.39. The predicted molar refractivity (Wildman–Crippen MR) is 106 cm³/mol. The average Bonchev–Trinajstić information content (AvgIpc) is 3.08. The first-order valence-corrected chi connectivity index (χ1v) is 9.00. The highest BCUT2D eigenvalue weighted by Gasteiger charge is 2.15. The zero-order chi connectivity index (χ0) is 17.2. The fourth-order valence-electron chi connectivity index (χ4n) is 3.30. The van der Waals surface area contributed by atoms with E-state index < -0.39 is 0 Å². The van der Waals surface area contributed by atoms with Crippen molar-refractivity contribution in [3.63, 3.8) is 0 Å². The number of aryl methyl sites for hydroxylation is 2. The largest absolute Gasteiger partial charge is 0.455 e. The Morgan fingerprint density at radius 2 is 0.960 bits per heavy atom. The molecule has 1 heterocycles. The van der Waals surface area contributed by atoms with Gasteiger partial charge in [0.25, 0.3) is 0 Å². The Morgan fingerprint density at radius 1 is 0.560 bits per heavy atom. The molecular formula is C24H22O. The highest BCUT2D eigenvalue weighted by molar-refractivity contribution is 6.02. The number of fused-ring (bicyclic) bond motifs is 1. The lowest BCUT2D eigenvalue weighted by atomic mass is 10.0. The lowest BCUT2D eigenvalue weighted by molar-refractivity contribution is 0.602. The predicted octanol–water partition coefficient (Wildman–Crippen LogP) is 6.89. The van der Waals surface area contributed by atoms with Crippen molar-refractivity contribution < 1.29 is 4.42 Å². The summed E-state index contributed by atoms with van der Waals surface area (Å²) in [4.78, 5) is 0. The zero-order valence-electron chi connectivity index (χ0n) is 14.8. The van der Waals surface area contributed by atoms with Crippen LogP contribution in [0.25, 0.3) is 33.4 Å². The van der Waals surface area contributed by atoms with Gasteiger partial charge in [0.05, 0.1) is 0 Å². The molecule has 25 heavy (non-hydrogen) atoms. The molecule has 1 aromatic heterocycles. The SMILES string of the molecule is CCc1ccc(-c2oc(-c3ccc(CC)cc3)c3ccccc23)cc1. The van der Waals surface area contributed by atoms with E-state index in [0.29, 0.717) is 0 Å². The summed E-state index contributed by atoms with van der Waals surface area (Å²) in [6, 6.07) is 25.8. The van der Waals surface area contributed by atoms with E-state index in [1.807, 2.05) is 0 Å². The van der Waals surface area contributed by atoms with Crippen molar-refractivity contribution in [3.05, 3.63) is 83.9 Å². The van der Waals surface area contributed by atoms with Gasteiger partial charge in [-0.3, -0.25) is 0 Å². The quantitative estimate of drug-likeness (QED) is 0.398. The number of furan rings is 1. The maximum atomic E-state index is 6.38. The van der Waals surface area contributed by atoms with Gasteiger partial charge in [0.1, 0.15) is 11.5 Å². The lowest BCUT2D eigenvalue weighted by Crippen LogP contribution is -1.80. The molecule has 0 atom stereocenters. The van der Waals surface area contributed by atoms with Gasteiger partial charge in [0, 0.05) is 21.9 Å². The van der Waals surface area contributed by atoms with Crippen molar-refractivity contribution in [2.45, 2.75) is 26.7 Å². The summed E-state index contributed by atoms with van der Waals surface area (Å²) >= 11 is 0. The van der Waals surface area contributed by atoms with Gasteiger partial charge < -0.3 is 4.42 Å². The summed E-state index contributed by atoms with van der Waals surface area (Å²) in [6.45, 7) is 4.35. The van der Waals surface area contributed by atoms with Crippen LogP contribution in [0.3, 0.4) is 0 Å². The van der Waals surface area contributed by atoms with Crippen molar-refractivity contribution in [1.82, 2.24) is 0 Å². The molecule has 0 amide bonds. The first-order chi connectivity index (χ1) is 12.3. The molecule has 1 nitrogen and oxygen atoms in total. The molecule has 1 heteroatoms. The number of rotatable bonds is 4. The van der Waals surface area contributed by atoms with Crippen LogP contribution >= 0.6 is 0 Å². The third kappa shape index (κ3) is 2.87. The molecule has 4 rings (SSSR count). The summed E-state index contributed by atoms with van der Waals surface area (Å²) in [5.41, 5.74) is 4.94. The molecule has 0 radical (unpaired) electrons. The normalized spacial score (nSPS) is 11.1. The van der Waals surface area contributed by atoms with Crippen LogP contribution in [-0.2, 0) is 12.8 Å². The second-order valence-electron chi connectivity index (χ2n) is 6.41. The molecule has 3 aromatic carbocycles. The van der Waals surface area contributed by atoms with Gasteiger partial charge >= 0.3 is 0 Å². The first-order valence-electron chi connectivity index (χ1n) is 9.00. The second-order valence-corrected chi connectivity index (χ2v) is 6.41. The Balaban J connectivity index is 1.88. The minimum absolute atomic E-state index is 0.952. The van der Waals surface area contributed by atoms with Crippen molar-refractivity contribution in [2.24, 2.45) is 0 Å². The number of hydrogen-bond donors (Lipinski definition) is 0. The van der Waals surface area contributed by atoms with E-state index in [-0.39, 0.29) is 0 Å². The lowest BCUT2D eigenvalue weighted by Gasteiger charge is -2.02. The fourth-order valence-corrected chi connectivity index (χ4v) is 3.30. The summed E-state index contributed by atoms with van der Waals surface area (Å²) < 4.78 is 6.38. The molecule has 4 aromatic rings. The summed E-state index contributed by atoms with van der Waals surface area (Å²) in [6.07, 6.45) is 2.10. The van der Waals surface area contributed by atoms with E-state index in [2.05, 4.69) is 86.6 Å². The van der Waals surface area contributed by atoms with Gasteiger partial charge in [-0.05, 0) is 24.0 Å².